The van der Waals surface area contributed by atoms with Gasteiger partial charge in [-0.1, -0.05) is 25.5 Å². The van der Waals surface area contributed by atoms with Gasteiger partial charge in [0.1, 0.15) is 6.10 Å². The van der Waals surface area contributed by atoms with Gasteiger partial charge in [0.05, 0.1) is 6.10 Å². The molecular formula is C19H28O3. The van der Waals surface area contributed by atoms with Crippen molar-refractivity contribution in [3.05, 3.63) is 11.6 Å². The van der Waals surface area contributed by atoms with Crippen LogP contribution in [0.5, 0.6) is 0 Å². The van der Waals surface area contributed by atoms with Gasteiger partial charge in [-0.05, 0) is 61.7 Å². The fourth-order valence-electron chi connectivity index (χ4n) is 6.41. The van der Waals surface area contributed by atoms with Crippen molar-refractivity contribution in [2.75, 3.05) is 0 Å². The van der Waals surface area contributed by atoms with Crippen molar-refractivity contribution in [1.29, 1.82) is 0 Å². The van der Waals surface area contributed by atoms with Crippen LogP contribution >= 0.6 is 0 Å². The van der Waals surface area contributed by atoms with Crippen molar-refractivity contribution in [2.24, 2.45) is 28.6 Å². The number of fused-ring (bicyclic) bond motifs is 5. The van der Waals surface area contributed by atoms with Crippen molar-refractivity contribution < 1.29 is 15.0 Å². The van der Waals surface area contributed by atoms with Gasteiger partial charge in [-0.15, -0.1) is 0 Å². The zero-order valence-electron chi connectivity index (χ0n) is 13.7. The third-order valence-electron chi connectivity index (χ3n) is 7.87. The Morgan fingerprint density at radius 2 is 1.86 bits per heavy atom. The van der Waals surface area contributed by atoms with Gasteiger partial charge in [0, 0.05) is 11.8 Å². The second-order valence-electron chi connectivity index (χ2n) is 8.77. The van der Waals surface area contributed by atoms with Crippen molar-refractivity contribution in [3.63, 3.8) is 0 Å². The first-order chi connectivity index (χ1) is 10.4. The number of ketones is 1. The number of allylic oxidation sites excluding steroid dienone is 1. The summed E-state index contributed by atoms with van der Waals surface area (Å²) in [6.45, 7) is 4.52. The van der Waals surface area contributed by atoms with E-state index in [4.69, 9.17) is 0 Å². The van der Waals surface area contributed by atoms with Crippen molar-refractivity contribution in [2.45, 2.75) is 71.0 Å². The lowest BCUT2D eigenvalue weighted by atomic mass is 9.48. The van der Waals surface area contributed by atoms with E-state index in [1.54, 1.807) is 0 Å². The lowest BCUT2D eigenvalue weighted by molar-refractivity contribution is -0.128. The lowest BCUT2D eigenvalue weighted by Crippen LogP contribution is -2.51. The second-order valence-corrected chi connectivity index (χ2v) is 8.77. The maximum Gasteiger partial charge on any atom is 0.162 e. The maximum absolute atomic E-state index is 12.1. The molecule has 0 aromatic heterocycles. The summed E-state index contributed by atoms with van der Waals surface area (Å²) in [5.41, 5.74) is 1.47. The molecule has 0 amide bonds. The van der Waals surface area contributed by atoms with Gasteiger partial charge >= 0.3 is 0 Å². The molecule has 7 atom stereocenters. The fraction of sp³-hybridized carbons (Fsp3) is 0.842. The highest BCUT2D eigenvalue weighted by Gasteiger charge is 2.60. The average Bonchev–Trinajstić information content (AvgIpc) is 2.72. The van der Waals surface area contributed by atoms with E-state index in [0.717, 1.165) is 38.5 Å². The van der Waals surface area contributed by atoms with Gasteiger partial charge in [0.2, 0.25) is 0 Å². The van der Waals surface area contributed by atoms with Gasteiger partial charge in [-0.25, -0.2) is 0 Å². The zero-order chi connectivity index (χ0) is 15.7. The molecule has 4 aliphatic carbocycles. The average molecular weight is 304 g/mol. The molecule has 0 unspecified atom stereocenters. The van der Waals surface area contributed by atoms with Crippen LogP contribution in [0.25, 0.3) is 0 Å². The topological polar surface area (TPSA) is 57.5 Å². The Bertz CT molecular complexity index is 539. The molecule has 3 saturated carbocycles. The molecule has 0 radical (unpaired) electrons. The molecule has 0 aliphatic heterocycles. The monoisotopic (exact) mass is 304 g/mol. The van der Waals surface area contributed by atoms with E-state index in [2.05, 4.69) is 19.9 Å². The number of rotatable bonds is 0. The van der Waals surface area contributed by atoms with Gasteiger partial charge in [-0.2, -0.15) is 0 Å². The quantitative estimate of drug-likeness (QED) is 0.677. The summed E-state index contributed by atoms with van der Waals surface area (Å²) in [7, 11) is 0. The van der Waals surface area contributed by atoms with Crippen LogP contribution < -0.4 is 0 Å². The highest BCUT2D eigenvalue weighted by molar-refractivity contribution is 5.86. The lowest BCUT2D eigenvalue weighted by Gasteiger charge is -2.57. The van der Waals surface area contributed by atoms with E-state index in [1.807, 2.05) is 0 Å². The molecule has 2 N–H and O–H groups in total. The SMILES string of the molecule is C[C@]12CC[C@H]3[C@@H](CC=C4C[C@@H](O)CC[C@@]43C)[C@@H]1CC(=O)[C@@H]2O. The Balaban J connectivity index is 1.70. The number of carbonyl (C=O) groups excluding carboxylic acids is 1. The van der Waals surface area contributed by atoms with E-state index in [9.17, 15) is 15.0 Å². The zero-order valence-corrected chi connectivity index (χ0v) is 13.7. The largest absolute Gasteiger partial charge is 0.393 e. The molecule has 3 fully saturated rings. The molecule has 0 saturated heterocycles. The number of carbonyl (C=O) groups is 1. The van der Waals surface area contributed by atoms with Crippen LogP contribution in [0.4, 0.5) is 0 Å². The molecule has 122 valence electrons. The third-order valence-corrected chi connectivity index (χ3v) is 7.87. The van der Waals surface area contributed by atoms with Gasteiger partial charge in [0.25, 0.3) is 0 Å². The smallest absolute Gasteiger partial charge is 0.162 e. The Morgan fingerprint density at radius 3 is 2.64 bits per heavy atom. The Kier molecular flexibility index (Phi) is 3.16. The minimum absolute atomic E-state index is 0.0622. The predicted molar refractivity (Wildman–Crippen MR) is 84.1 cm³/mol. The van der Waals surface area contributed by atoms with E-state index in [-0.39, 0.29) is 22.7 Å². The van der Waals surface area contributed by atoms with E-state index in [0.29, 0.717) is 24.2 Å². The Hall–Kier alpha value is -0.670. The number of hydrogen-bond acceptors (Lipinski definition) is 3. The van der Waals surface area contributed by atoms with Crippen LogP contribution in [0.1, 0.15) is 58.8 Å². The van der Waals surface area contributed by atoms with Crippen LogP contribution in [0, 0.1) is 28.6 Å². The number of hydrogen-bond donors (Lipinski definition) is 2. The van der Waals surface area contributed by atoms with Crippen LogP contribution in [0.2, 0.25) is 0 Å². The van der Waals surface area contributed by atoms with Crippen molar-refractivity contribution in [3.8, 4) is 0 Å². The molecule has 0 aromatic rings. The molecule has 3 heteroatoms. The third kappa shape index (κ3) is 1.78. The van der Waals surface area contributed by atoms with E-state index in [1.165, 1.54) is 5.57 Å². The normalized spacial score (nSPS) is 54.3. The summed E-state index contributed by atoms with van der Waals surface area (Å²) >= 11 is 0. The van der Waals surface area contributed by atoms with E-state index < -0.39 is 6.10 Å². The molecule has 4 rings (SSSR count). The first-order valence-corrected chi connectivity index (χ1v) is 8.94. The minimum Gasteiger partial charge on any atom is -0.393 e. The van der Waals surface area contributed by atoms with Gasteiger partial charge < -0.3 is 10.2 Å². The summed E-state index contributed by atoms with van der Waals surface area (Å²) in [6.07, 6.45) is 7.95. The molecular weight excluding hydrogens is 276 g/mol. The van der Waals surface area contributed by atoms with Gasteiger partial charge in [-0.3, -0.25) is 4.79 Å². The van der Waals surface area contributed by atoms with Crippen LogP contribution in [0.3, 0.4) is 0 Å². The Morgan fingerprint density at radius 1 is 1.09 bits per heavy atom. The number of aliphatic hydroxyl groups excluding tert-OH is 2. The van der Waals surface area contributed by atoms with Crippen LogP contribution in [0.15, 0.2) is 11.6 Å². The Labute approximate surface area is 132 Å². The first kappa shape index (κ1) is 14.9. The molecule has 22 heavy (non-hydrogen) atoms. The standard InChI is InChI=1S/C19H28O3/c1-18-7-5-12(20)9-11(18)3-4-13-14(18)6-8-19(2)15(13)10-16(21)17(19)22/h3,12-15,17,20,22H,4-10H2,1-2H3/t12-,13+,14-,15-,17-,18-,19-/m0/s1. The minimum atomic E-state index is -0.746. The molecule has 0 spiro atoms. The number of aliphatic hydroxyl groups is 2. The second kappa shape index (κ2) is 4.67. The van der Waals surface area contributed by atoms with Crippen LogP contribution in [-0.2, 0) is 4.79 Å². The summed E-state index contributed by atoms with van der Waals surface area (Å²) in [4.78, 5) is 12.1. The number of Topliss-reactive ketones (excluding diaryl/α,β-unsaturated/α-hetero) is 1. The molecule has 4 aliphatic rings. The maximum atomic E-state index is 12.1. The summed E-state index contributed by atoms with van der Waals surface area (Å²) in [5, 5.41) is 20.4. The van der Waals surface area contributed by atoms with Crippen molar-refractivity contribution in [1.82, 2.24) is 0 Å². The van der Waals surface area contributed by atoms with Gasteiger partial charge in [0.15, 0.2) is 5.78 Å². The predicted octanol–water partition coefficient (Wildman–Crippen LogP) is 2.85. The molecule has 3 nitrogen and oxygen atoms in total. The summed E-state index contributed by atoms with van der Waals surface area (Å²) in [5.74, 6) is 1.56. The highest BCUT2D eigenvalue weighted by Crippen LogP contribution is 2.64. The molecule has 0 heterocycles. The highest BCUT2D eigenvalue weighted by atomic mass is 16.3. The fourth-order valence-corrected chi connectivity index (χ4v) is 6.41. The molecule has 0 bridgehead atoms. The summed E-state index contributed by atoms with van der Waals surface area (Å²) < 4.78 is 0. The van der Waals surface area contributed by atoms with Crippen LogP contribution in [-0.4, -0.2) is 28.2 Å². The summed E-state index contributed by atoms with van der Waals surface area (Å²) in [6, 6.07) is 0. The van der Waals surface area contributed by atoms with E-state index >= 15 is 0 Å². The molecule has 0 aromatic carbocycles. The van der Waals surface area contributed by atoms with Crippen molar-refractivity contribution >= 4 is 5.78 Å². The first-order valence-electron chi connectivity index (χ1n) is 8.94.